The van der Waals surface area contributed by atoms with Gasteiger partial charge in [-0.3, -0.25) is 4.79 Å². The Bertz CT molecular complexity index is 699. The highest BCUT2D eigenvalue weighted by Gasteiger charge is 2.26. The van der Waals surface area contributed by atoms with E-state index in [2.05, 4.69) is 5.32 Å². The van der Waals surface area contributed by atoms with Gasteiger partial charge in [0.2, 0.25) is 5.91 Å². The molecule has 0 fully saturated rings. The summed E-state index contributed by atoms with van der Waals surface area (Å²) in [6.07, 6.45) is 0.00528. The van der Waals surface area contributed by atoms with E-state index in [-0.39, 0.29) is 12.3 Å². The normalized spacial score (nSPS) is 13.2. The number of rotatable bonds is 5. The fourth-order valence-electron chi connectivity index (χ4n) is 2.79. The second kappa shape index (κ2) is 7.05. The molecule has 0 aliphatic heterocycles. The molecule has 128 valence electrons. The SMILES string of the molecule is Cc1cc(N(C)C)cc(C)c1NC(=O)CC(C)(O)c1ccccc1. The van der Waals surface area contributed by atoms with Crippen molar-refractivity contribution in [3.8, 4) is 0 Å². The van der Waals surface area contributed by atoms with Crippen molar-refractivity contribution in [1.82, 2.24) is 0 Å². The molecule has 1 amide bonds. The second-order valence-electron chi connectivity index (χ2n) is 6.71. The number of nitrogens with one attached hydrogen (secondary N) is 1. The molecule has 2 aromatic carbocycles. The monoisotopic (exact) mass is 326 g/mol. The molecule has 0 radical (unpaired) electrons. The van der Waals surface area contributed by atoms with Crippen LogP contribution in [0.2, 0.25) is 0 Å². The lowest BCUT2D eigenvalue weighted by Crippen LogP contribution is -2.28. The average molecular weight is 326 g/mol. The van der Waals surface area contributed by atoms with Gasteiger partial charge in [-0.05, 0) is 49.6 Å². The summed E-state index contributed by atoms with van der Waals surface area (Å²) in [6.45, 7) is 5.62. The van der Waals surface area contributed by atoms with E-state index >= 15 is 0 Å². The van der Waals surface area contributed by atoms with Crippen molar-refractivity contribution in [1.29, 1.82) is 0 Å². The van der Waals surface area contributed by atoms with Gasteiger partial charge in [0, 0.05) is 25.5 Å². The average Bonchev–Trinajstić information content (AvgIpc) is 2.51. The van der Waals surface area contributed by atoms with Crippen LogP contribution in [-0.2, 0) is 10.4 Å². The second-order valence-corrected chi connectivity index (χ2v) is 6.71. The Morgan fingerprint density at radius 2 is 1.67 bits per heavy atom. The van der Waals surface area contributed by atoms with Gasteiger partial charge in [0.1, 0.15) is 0 Å². The molecular formula is C20H26N2O2. The first-order valence-electron chi connectivity index (χ1n) is 8.07. The fraction of sp³-hybridized carbons (Fsp3) is 0.350. The van der Waals surface area contributed by atoms with Crippen molar-refractivity contribution < 1.29 is 9.90 Å². The summed E-state index contributed by atoms with van der Waals surface area (Å²) in [4.78, 5) is 14.5. The van der Waals surface area contributed by atoms with Gasteiger partial charge in [0.05, 0.1) is 12.0 Å². The lowest BCUT2D eigenvalue weighted by Gasteiger charge is -2.24. The Kier molecular flexibility index (Phi) is 5.30. The molecule has 0 bridgehead atoms. The molecule has 4 heteroatoms. The molecule has 0 aromatic heterocycles. The lowest BCUT2D eigenvalue weighted by molar-refractivity contribution is -0.120. The van der Waals surface area contributed by atoms with E-state index in [1.54, 1.807) is 6.92 Å². The standard InChI is InChI=1S/C20H26N2O2/c1-14-11-17(22(4)5)12-15(2)19(14)21-18(23)13-20(3,24)16-9-7-6-8-10-16/h6-12,24H,13H2,1-5H3,(H,21,23). The molecule has 0 saturated carbocycles. The predicted octanol–water partition coefficient (Wildman–Crippen LogP) is 3.61. The van der Waals surface area contributed by atoms with Crippen molar-refractivity contribution in [3.05, 3.63) is 59.2 Å². The summed E-state index contributed by atoms with van der Waals surface area (Å²) in [7, 11) is 3.98. The van der Waals surface area contributed by atoms with E-state index in [9.17, 15) is 9.90 Å². The van der Waals surface area contributed by atoms with Crippen LogP contribution < -0.4 is 10.2 Å². The quantitative estimate of drug-likeness (QED) is 0.882. The Morgan fingerprint density at radius 3 is 2.17 bits per heavy atom. The number of carbonyl (C=O) groups is 1. The first-order chi connectivity index (χ1) is 11.2. The van der Waals surface area contributed by atoms with Crippen LogP contribution in [0, 0.1) is 13.8 Å². The highest BCUT2D eigenvalue weighted by molar-refractivity contribution is 5.93. The zero-order chi connectivity index (χ0) is 17.9. The van der Waals surface area contributed by atoms with E-state index in [0.29, 0.717) is 0 Å². The molecule has 0 spiro atoms. The number of amides is 1. The van der Waals surface area contributed by atoms with Gasteiger partial charge in [-0.1, -0.05) is 30.3 Å². The maximum Gasteiger partial charge on any atom is 0.227 e. The Hall–Kier alpha value is -2.33. The third-order valence-corrected chi connectivity index (χ3v) is 4.20. The van der Waals surface area contributed by atoms with Crippen molar-refractivity contribution in [2.75, 3.05) is 24.3 Å². The van der Waals surface area contributed by atoms with Crippen LogP contribution in [0.15, 0.2) is 42.5 Å². The van der Waals surface area contributed by atoms with E-state index in [1.807, 2.05) is 75.3 Å². The molecule has 1 atom stereocenters. The molecule has 1 unspecified atom stereocenters. The number of benzene rings is 2. The van der Waals surface area contributed by atoms with Crippen molar-refractivity contribution in [2.45, 2.75) is 32.8 Å². The number of anilines is 2. The highest BCUT2D eigenvalue weighted by Crippen LogP contribution is 2.28. The molecule has 2 rings (SSSR count). The summed E-state index contributed by atoms with van der Waals surface area (Å²) < 4.78 is 0. The number of carbonyl (C=O) groups excluding carboxylic acids is 1. The number of aliphatic hydroxyl groups is 1. The van der Waals surface area contributed by atoms with Crippen LogP contribution in [0.25, 0.3) is 0 Å². The van der Waals surface area contributed by atoms with E-state index in [4.69, 9.17) is 0 Å². The largest absolute Gasteiger partial charge is 0.385 e. The number of hydrogen-bond donors (Lipinski definition) is 2. The van der Waals surface area contributed by atoms with Gasteiger partial charge in [-0.15, -0.1) is 0 Å². The zero-order valence-corrected chi connectivity index (χ0v) is 15.1. The van der Waals surface area contributed by atoms with Crippen molar-refractivity contribution >= 4 is 17.3 Å². The van der Waals surface area contributed by atoms with Crippen LogP contribution in [0.5, 0.6) is 0 Å². The van der Waals surface area contributed by atoms with E-state index in [1.165, 1.54) is 0 Å². The van der Waals surface area contributed by atoms with Gasteiger partial charge in [-0.25, -0.2) is 0 Å². The van der Waals surface area contributed by atoms with Crippen LogP contribution in [0.4, 0.5) is 11.4 Å². The summed E-state index contributed by atoms with van der Waals surface area (Å²) in [5.41, 5.74) is 3.46. The maximum absolute atomic E-state index is 12.4. The summed E-state index contributed by atoms with van der Waals surface area (Å²) in [6, 6.07) is 13.3. The van der Waals surface area contributed by atoms with E-state index in [0.717, 1.165) is 28.1 Å². The first-order valence-corrected chi connectivity index (χ1v) is 8.07. The highest BCUT2D eigenvalue weighted by atomic mass is 16.3. The summed E-state index contributed by atoms with van der Waals surface area (Å²) in [5, 5.41) is 13.6. The van der Waals surface area contributed by atoms with E-state index < -0.39 is 5.60 Å². The Labute approximate surface area is 144 Å². The molecule has 4 nitrogen and oxygen atoms in total. The van der Waals surface area contributed by atoms with Crippen LogP contribution >= 0.6 is 0 Å². The Balaban J connectivity index is 2.16. The minimum atomic E-state index is -1.20. The molecule has 0 heterocycles. The van der Waals surface area contributed by atoms with Gasteiger partial charge >= 0.3 is 0 Å². The third-order valence-electron chi connectivity index (χ3n) is 4.20. The van der Waals surface area contributed by atoms with Crippen LogP contribution in [0.3, 0.4) is 0 Å². The fourth-order valence-corrected chi connectivity index (χ4v) is 2.79. The molecule has 2 aromatic rings. The zero-order valence-electron chi connectivity index (χ0n) is 15.1. The minimum absolute atomic E-state index is 0.00528. The molecule has 24 heavy (non-hydrogen) atoms. The number of nitrogens with zero attached hydrogens (tertiary/aromatic N) is 1. The van der Waals surface area contributed by atoms with Gasteiger partial charge < -0.3 is 15.3 Å². The lowest BCUT2D eigenvalue weighted by atomic mass is 9.92. The molecular weight excluding hydrogens is 300 g/mol. The smallest absolute Gasteiger partial charge is 0.227 e. The van der Waals surface area contributed by atoms with Crippen molar-refractivity contribution in [2.24, 2.45) is 0 Å². The minimum Gasteiger partial charge on any atom is -0.385 e. The van der Waals surface area contributed by atoms with Gasteiger partial charge in [-0.2, -0.15) is 0 Å². The van der Waals surface area contributed by atoms with Crippen LogP contribution in [0.1, 0.15) is 30.0 Å². The number of hydrogen-bond acceptors (Lipinski definition) is 3. The Morgan fingerprint density at radius 1 is 1.12 bits per heavy atom. The van der Waals surface area contributed by atoms with Crippen LogP contribution in [-0.4, -0.2) is 25.1 Å². The van der Waals surface area contributed by atoms with Crippen molar-refractivity contribution in [3.63, 3.8) is 0 Å². The van der Waals surface area contributed by atoms with Gasteiger partial charge in [0.15, 0.2) is 0 Å². The van der Waals surface area contributed by atoms with Gasteiger partial charge in [0.25, 0.3) is 0 Å². The third kappa shape index (κ3) is 4.15. The molecule has 0 aliphatic rings. The molecule has 0 saturated heterocycles. The maximum atomic E-state index is 12.4. The first kappa shape index (κ1) is 18.0. The summed E-state index contributed by atoms with van der Waals surface area (Å²) in [5.74, 6) is -0.201. The topological polar surface area (TPSA) is 52.6 Å². The number of aryl methyl sites for hydroxylation is 2. The predicted molar refractivity (Wildman–Crippen MR) is 99.5 cm³/mol. The summed E-state index contributed by atoms with van der Waals surface area (Å²) >= 11 is 0. The molecule has 0 aliphatic carbocycles. The molecule has 2 N–H and O–H groups in total.